The Kier molecular flexibility index (Phi) is 3.46. The van der Waals surface area contributed by atoms with E-state index in [1.54, 1.807) is 0 Å². The Balaban J connectivity index is 2.30. The van der Waals surface area contributed by atoms with Crippen molar-refractivity contribution in [1.29, 1.82) is 0 Å². The van der Waals surface area contributed by atoms with Crippen molar-refractivity contribution in [2.75, 3.05) is 13.2 Å². The van der Waals surface area contributed by atoms with E-state index in [0.717, 1.165) is 0 Å². The summed E-state index contributed by atoms with van der Waals surface area (Å²) >= 11 is 0. The number of aliphatic hydroxyl groups excluding tert-OH is 1. The van der Waals surface area contributed by atoms with Gasteiger partial charge in [0.1, 0.15) is 0 Å². The molecule has 1 fully saturated rings. The molecule has 1 aliphatic heterocycles. The summed E-state index contributed by atoms with van der Waals surface area (Å²) in [5, 5.41) is 8.60. The van der Waals surface area contributed by atoms with E-state index in [9.17, 15) is 4.79 Å². The summed E-state index contributed by atoms with van der Waals surface area (Å²) in [7, 11) is 0. The minimum absolute atomic E-state index is 0.0114. The van der Waals surface area contributed by atoms with Gasteiger partial charge in [0.15, 0.2) is 0 Å². The van der Waals surface area contributed by atoms with Gasteiger partial charge < -0.3 is 9.84 Å². The number of carbonyl (C=O) groups is 1. The molecule has 2 unspecified atom stereocenters. The third kappa shape index (κ3) is 2.17. The zero-order valence-corrected chi connectivity index (χ0v) is 6.82. The molecular formula is C7H14N2O3. The zero-order chi connectivity index (χ0) is 8.97. The molecule has 0 aromatic heterocycles. The van der Waals surface area contributed by atoms with Crippen LogP contribution in [0.1, 0.15) is 12.8 Å². The van der Waals surface area contributed by atoms with Gasteiger partial charge in [0.05, 0.1) is 18.6 Å². The normalized spacial score (nSPS) is 28.8. The first kappa shape index (κ1) is 9.44. The molecule has 1 rings (SSSR count). The van der Waals surface area contributed by atoms with Gasteiger partial charge in [-0.2, -0.15) is 0 Å². The van der Waals surface area contributed by atoms with Crippen LogP contribution in [-0.2, 0) is 9.53 Å². The number of nitrogens with two attached hydrogens (primary N) is 1. The summed E-state index contributed by atoms with van der Waals surface area (Å²) in [4.78, 5) is 11.0. The zero-order valence-electron chi connectivity index (χ0n) is 6.82. The predicted octanol–water partition coefficient (Wildman–Crippen LogP) is -1.24. The van der Waals surface area contributed by atoms with Gasteiger partial charge in [0.25, 0.3) is 0 Å². The van der Waals surface area contributed by atoms with Gasteiger partial charge in [0.2, 0.25) is 5.91 Å². The van der Waals surface area contributed by atoms with Crippen LogP contribution in [0, 0.1) is 5.92 Å². The highest BCUT2D eigenvalue weighted by molar-refractivity contribution is 5.78. The number of rotatable bonds is 3. The predicted molar refractivity (Wildman–Crippen MR) is 41.9 cm³/mol. The number of hydrogen-bond acceptors (Lipinski definition) is 4. The Morgan fingerprint density at radius 3 is 3.08 bits per heavy atom. The molecule has 2 atom stereocenters. The summed E-state index contributed by atoms with van der Waals surface area (Å²) in [5.74, 6) is 4.64. The average Bonchev–Trinajstić information content (AvgIpc) is 2.52. The van der Waals surface area contributed by atoms with Crippen molar-refractivity contribution in [2.45, 2.75) is 18.9 Å². The molecule has 5 nitrogen and oxygen atoms in total. The van der Waals surface area contributed by atoms with E-state index in [-0.39, 0.29) is 24.5 Å². The van der Waals surface area contributed by atoms with E-state index in [1.807, 2.05) is 0 Å². The molecule has 0 radical (unpaired) electrons. The summed E-state index contributed by atoms with van der Waals surface area (Å²) in [6.07, 6.45) is 1.26. The molecule has 0 saturated carbocycles. The van der Waals surface area contributed by atoms with Crippen molar-refractivity contribution in [3.63, 3.8) is 0 Å². The molecule has 1 amide bonds. The smallest absolute Gasteiger partial charge is 0.239 e. The molecule has 5 heteroatoms. The second-order valence-electron chi connectivity index (χ2n) is 2.91. The number of amides is 1. The standard InChI is InChI=1S/C7H14N2O3/c8-9-7(11)5-3-6(1-2-10)12-4-5/h5-6,10H,1-4,8H2,(H,9,11). The molecule has 4 N–H and O–H groups in total. The molecule has 1 aliphatic rings. The van der Waals surface area contributed by atoms with Crippen LogP contribution in [0.25, 0.3) is 0 Å². The lowest BCUT2D eigenvalue weighted by Gasteiger charge is -2.05. The topological polar surface area (TPSA) is 84.6 Å². The van der Waals surface area contributed by atoms with E-state index in [0.29, 0.717) is 19.4 Å². The van der Waals surface area contributed by atoms with E-state index >= 15 is 0 Å². The Labute approximate surface area is 70.9 Å². The highest BCUT2D eigenvalue weighted by Gasteiger charge is 2.29. The SMILES string of the molecule is NNC(=O)C1COC(CCO)C1. The molecule has 0 aromatic carbocycles. The van der Waals surface area contributed by atoms with Gasteiger partial charge in [-0.05, 0) is 12.8 Å². The Morgan fingerprint density at radius 2 is 2.50 bits per heavy atom. The summed E-state index contributed by atoms with van der Waals surface area (Å²) < 4.78 is 5.25. The number of aliphatic hydroxyl groups is 1. The lowest BCUT2D eigenvalue weighted by molar-refractivity contribution is -0.125. The molecule has 1 heterocycles. The first-order chi connectivity index (χ1) is 5.77. The molecule has 12 heavy (non-hydrogen) atoms. The van der Waals surface area contributed by atoms with Gasteiger partial charge >= 0.3 is 0 Å². The fourth-order valence-corrected chi connectivity index (χ4v) is 1.35. The number of hydrogen-bond donors (Lipinski definition) is 3. The lowest BCUT2D eigenvalue weighted by atomic mass is 10.0. The van der Waals surface area contributed by atoms with Gasteiger partial charge in [0, 0.05) is 6.61 Å². The molecule has 0 aliphatic carbocycles. The maximum absolute atomic E-state index is 11.0. The average molecular weight is 174 g/mol. The van der Waals surface area contributed by atoms with Crippen molar-refractivity contribution in [3.8, 4) is 0 Å². The summed E-state index contributed by atoms with van der Waals surface area (Å²) in [5.41, 5.74) is 2.09. The molecule has 0 aromatic rings. The molecule has 0 bridgehead atoms. The van der Waals surface area contributed by atoms with Crippen LogP contribution in [-0.4, -0.2) is 30.3 Å². The summed E-state index contributed by atoms with van der Waals surface area (Å²) in [6, 6.07) is 0. The van der Waals surface area contributed by atoms with Crippen molar-refractivity contribution >= 4 is 5.91 Å². The van der Waals surface area contributed by atoms with Crippen LogP contribution in [0.2, 0.25) is 0 Å². The fourth-order valence-electron chi connectivity index (χ4n) is 1.35. The first-order valence-corrected chi connectivity index (χ1v) is 4.01. The first-order valence-electron chi connectivity index (χ1n) is 4.01. The number of ether oxygens (including phenoxy) is 1. The van der Waals surface area contributed by atoms with Crippen LogP contribution in [0.15, 0.2) is 0 Å². The van der Waals surface area contributed by atoms with Crippen molar-refractivity contribution in [3.05, 3.63) is 0 Å². The van der Waals surface area contributed by atoms with E-state index in [2.05, 4.69) is 5.43 Å². The fraction of sp³-hybridized carbons (Fsp3) is 0.857. The second kappa shape index (κ2) is 4.39. The Bertz CT molecular complexity index is 163. The minimum atomic E-state index is -0.185. The van der Waals surface area contributed by atoms with Crippen LogP contribution in [0.5, 0.6) is 0 Å². The third-order valence-electron chi connectivity index (χ3n) is 2.04. The van der Waals surface area contributed by atoms with Crippen molar-refractivity contribution < 1.29 is 14.6 Å². The van der Waals surface area contributed by atoms with E-state index in [1.165, 1.54) is 0 Å². The lowest BCUT2D eigenvalue weighted by Crippen LogP contribution is -2.36. The maximum atomic E-state index is 11.0. The highest BCUT2D eigenvalue weighted by atomic mass is 16.5. The Morgan fingerprint density at radius 1 is 1.75 bits per heavy atom. The highest BCUT2D eigenvalue weighted by Crippen LogP contribution is 2.21. The molecule has 0 spiro atoms. The van der Waals surface area contributed by atoms with Crippen molar-refractivity contribution in [1.82, 2.24) is 5.43 Å². The minimum Gasteiger partial charge on any atom is -0.396 e. The maximum Gasteiger partial charge on any atom is 0.239 e. The quantitative estimate of drug-likeness (QED) is 0.284. The molecular weight excluding hydrogens is 160 g/mol. The number of hydrazine groups is 1. The Hall–Kier alpha value is -0.650. The van der Waals surface area contributed by atoms with E-state index in [4.69, 9.17) is 15.7 Å². The largest absolute Gasteiger partial charge is 0.396 e. The van der Waals surface area contributed by atoms with Crippen LogP contribution >= 0.6 is 0 Å². The van der Waals surface area contributed by atoms with Gasteiger partial charge in [-0.25, -0.2) is 5.84 Å². The van der Waals surface area contributed by atoms with E-state index < -0.39 is 0 Å². The summed E-state index contributed by atoms with van der Waals surface area (Å²) in [6.45, 7) is 0.509. The third-order valence-corrected chi connectivity index (χ3v) is 2.04. The molecule has 70 valence electrons. The van der Waals surface area contributed by atoms with Gasteiger partial charge in [-0.3, -0.25) is 10.2 Å². The van der Waals surface area contributed by atoms with Gasteiger partial charge in [-0.1, -0.05) is 0 Å². The van der Waals surface area contributed by atoms with Crippen LogP contribution < -0.4 is 11.3 Å². The monoisotopic (exact) mass is 174 g/mol. The second-order valence-corrected chi connectivity index (χ2v) is 2.91. The van der Waals surface area contributed by atoms with Gasteiger partial charge in [-0.15, -0.1) is 0 Å². The van der Waals surface area contributed by atoms with Crippen molar-refractivity contribution in [2.24, 2.45) is 11.8 Å². The number of nitrogens with one attached hydrogen (secondary N) is 1. The van der Waals surface area contributed by atoms with Crippen LogP contribution in [0.4, 0.5) is 0 Å². The number of carbonyl (C=O) groups excluding carboxylic acids is 1. The van der Waals surface area contributed by atoms with Crippen LogP contribution in [0.3, 0.4) is 0 Å². The molecule has 1 saturated heterocycles.